The van der Waals surface area contributed by atoms with Crippen molar-refractivity contribution in [3.05, 3.63) is 0 Å². The summed E-state index contributed by atoms with van der Waals surface area (Å²) >= 11 is 0. The largest absolute Gasteiger partial charge is 0.311 e. The maximum atomic E-state index is 11.2. The first-order valence-corrected chi connectivity index (χ1v) is 7.23. The van der Waals surface area contributed by atoms with E-state index in [-0.39, 0.29) is 0 Å². The lowest BCUT2D eigenvalue weighted by molar-refractivity contribution is 0.330. The van der Waals surface area contributed by atoms with Gasteiger partial charge >= 0.3 is 0 Å². The summed E-state index contributed by atoms with van der Waals surface area (Å²) in [5, 5.41) is 3.69. The first-order chi connectivity index (χ1) is 6.63. The molecule has 0 aromatic carbocycles. The van der Waals surface area contributed by atoms with Gasteiger partial charge < -0.3 is 5.32 Å². The molecule has 14 heavy (non-hydrogen) atoms. The Labute approximate surface area is 90.3 Å². The lowest BCUT2D eigenvalue weighted by Crippen LogP contribution is -2.44. The minimum absolute atomic E-state index is 0.528. The molecule has 0 radical (unpaired) electrons. The van der Waals surface area contributed by atoms with Crippen LogP contribution in [0.3, 0.4) is 0 Å². The molecule has 0 aliphatic carbocycles. The molecule has 1 saturated heterocycles. The molecule has 2 nitrogen and oxygen atoms in total. The molecule has 0 spiro atoms. The van der Waals surface area contributed by atoms with Gasteiger partial charge in [0.05, 0.1) is 0 Å². The Morgan fingerprint density at radius 3 is 2.36 bits per heavy atom. The van der Waals surface area contributed by atoms with Crippen LogP contribution in [0.1, 0.15) is 40.0 Å². The van der Waals surface area contributed by atoms with Gasteiger partial charge in [0.15, 0.2) is 0 Å². The summed E-state index contributed by atoms with van der Waals surface area (Å²) in [7, 11) is -0.528. The second-order valence-corrected chi connectivity index (χ2v) is 6.24. The molecule has 1 aliphatic rings. The van der Waals surface area contributed by atoms with E-state index in [1.807, 2.05) is 0 Å². The summed E-state index contributed by atoms with van der Waals surface area (Å²) in [6.07, 6.45) is 3.38. The third kappa shape index (κ3) is 3.70. The molecule has 0 aromatic rings. The van der Waals surface area contributed by atoms with Crippen molar-refractivity contribution in [3.63, 3.8) is 0 Å². The average molecular weight is 217 g/mol. The molecule has 1 rings (SSSR count). The van der Waals surface area contributed by atoms with E-state index in [9.17, 15) is 4.21 Å². The highest BCUT2D eigenvalue weighted by atomic mass is 32.2. The standard InChI is InChI=1S/C11H23NOS/c1-4-11(9(2)3)12-10-5-7-14(13)8-6-10/h9-12H,4-8H2,1-3H3. The van der Waals surface area contributed by atoms with Crippen molar-refractivity contribution in [2.45, 2.75) is 52.1 Å². The molecule has 1 aliphatic heterocycles. The van der Waals surface area contributed by atoms with Crippen molar-refractivity contribution in [1.82, 2.24) is 5.32 Å². The summed E-state index contributed by atoms with van der Waals surface area (Å²) in [5.74, 6) is 2.49. The monoisotopic (exact) mass is 217 g/mol. The van der Waals surface area contributed by atoms with Crippen LogP contribution in [0, 0.1) is 5.92 Å². The number of hydrogen-bond acceptors (Lipinski definition) is 2. The summed E-state index contributed by atoms with van der Waals surface area (Å²) in [6.45, 7) is 6.77. The minimum Gasteiger partial charge on any atom is -0.311 e. The van der Waals surface area contributed by atoms with E-state index in [0.29, 0.717) is 18.0 Å². The lowest BCUT2D eigenvalue weighted by atomic mass is 9.99. The maximum absolute atomic E-state index is 11.2. The summed E-state index contributed by atoms with van der Waals surface area (Å²) in [6, 6.07) is 1.24. The molecule has 0 aromatic heterocycles. The van der Waals surface area contributed by atoms with Gasteiger partial charge in [-0.05, 0) is 25.2 Å². The molecule has 1 heterocycles. The van der Waals surface area contributed by atoms with E-state index in [2.05, 4.69) is 26.1 Å². The summed E-state index contributed by atoms with van der Waals surface area (Å²) in [4.78, 5) is 0. The Morgan fingerprint density at radius 1 is 1.36 bits per heavy atom. The molecule has 1 fully saturated rings. The van der Waals surface area contributed by atoms with Gasteiger partial charge in [0.1, 0.15) is 0 Å². The number of nitrogens with one attached hydrogen (secondary N) is 1. The van der Waals surface area contributed by atoms with Gasteiger partial charge in [-0.25, -0.2) is 0 Å². The molecule has 0 bridgehead atoms. The zero-order valence-electron chi connectivity index (χ0n) is 9.58. The van der Waals surface area contributed by atoms with Crippen LogP contribution in [0.5, 0.6) is 0 Å². The van der Waals surface area contributed by atoms with Crippen LogP contribution in [0.2, 0.25) is 0 Å². The van der Waals surface area contributed by atoms with Crippen molar-refractivity contribution < 1.29 is 4.21 Å². The SMILES string of the molecule is CCC(NC1CCS(=O)CC1)C(C)C. The highest BCUT2D eigenvalue weighted by Crippen LogP contribution is 2.13. The van der Waals surface area contributed by atoms with Gasteiger partial charge in [0.25, 0.3) is 0 Å². The Hall–Kier alpha value is 0.110. The molecule has 3 heteroatoms. The van der Waals surface area contributed by atoms with Crippen molar-refractivity contribution in [2.24, 2.45) is 5.92 Å². The predicted octanol–water partition coefficient (Wildman–Crippen LogP) is 1.92. The van der Waals surface area contributed by atoms with Crippen LogP contribution in [0.25, 0.3) is 0 Å². The summed E-state index contributed by atoms with van der Waals surface area (Å²) in [5.41, 5.74) is 0. The van der Waals surface area contributed by atoms with Gasteiger partial charge in [0.2, 0.25) is 0 Å². The fraction of sp³-hybridized carbons (Fsp3) is 1.00. The van der Waals surface area contributed by atoms with E-state index < -0.39 is 10.8 Å². The first-order valence-electron chi connectivity index (χ1n) is 5.74. The molecule has 1 atom stereocenters. The van der Waals surface area contributed by atoms with Gasteiger partial charge in [-0.2, -0.15) is 0 Å². The fourth-order valence-electron chi connectivity index (χ4n) is 2.04. The third-order valence-corrected chi connectivity index (χ3v) is 4.46. The number of rotatable bonds is 4. The smallest absolute Gasteiger partial charge is 0.0249 e. The van der Waals surface area contributed by atoms with Crippen LogP contribution < -0.4 is 5.32 Å². The van der Waals surface area contributed by atoms with Gasteiger partial charge in [-0.1, -0.05) is 20.8 Å². The molecule has 84 valence electrons. The quantitative estimate of drug-likeness (QED) is 0.779. The topological polar surface area (TPSA) is 29.1 Å². The summed E-state index contributed by atoms with van der Waals surface area (Å²) < 4.78 is 11.2. The zero-order valence-corrected chi connectivity index (χ0v) is 10.4. The number of hydrogen-bond donors (Lipinski definition) is 1. The Morgan fingerprint density at radius 2 is 1.93 bits per heavy atom. The molecule has 0 saturated carbocycles. The molecule has 1 N–H and O–H groups in total. The van der Waals surface area contributed by atoms with Crippen LogP contribution in [0.4, 0.5) is 0 Å². The van der Waals surface area contributed by atoms with Gasteiger partial charge in [-0.15, -0.1) is 0 Å². The minimum atomic E-state index is -0.528. The van der Waals surface area contributed by atoms with E-state index in [0.717, 1.165) is 24.3 Å². The van der Waals surface area contributed by atoms with Crippen LogP contribution >= 0.6 is 0 Å². The Kier molecular flexibility index (Phi) is 5.10. The van der Waals surface area contributed by atoms with Crippen LogP contribution in [0.15, 0.2) is 0 Å². The van der Waals surface area contributed by atoms with Crippen molar-refractivity contribution in [3.8, 4) is 0 Å². The zero-order chi connectivity index (χ0) is 10.6. The van der Waals surface area contributed by atoms with Crippen molar-refractivity contribution >= 4 is 10.8 Å². The van der Waals surface area contributed by atoms with Crippen LogP contribution in [-0.2, 0) is 10.8 Å². The van der Waals surface area contributed by atoms with Gasteiger partial charge in [-0.3, -0.25) is 4.21 Å². The molecule has 0 amide bonds. The highest BCUT2D eigenvalue weighted by molar-refractivity contribution is 7.85. The fourth-order valence-corrected chi connectivity index (χ4v) is 3.34. The van der Waals surface area contributed by atoms with Crippen molar-refractivity contribution in [2.75, 3.05) is 11.5 Å². The predicted molar refractivity (Wildman–Crippen MR) is 63.0 cm³/mol. The Bertz CT molecular complexity index is 184. The maximum Gasteiger partial charge on any atom is 0.0249 e. The molecule has 1 unspecified atom stereocenters. The Balaban J connectivity index is 2.32. The first kappa shape index (κ1) is 12.2. The van der Waals surface area contributed by atoms with Crippen molar-refractivity contribution in [1.29, 1.82) is 0 Å². The van der Waals surface area contributed by atoms with Crippen LogP contribution in [-0.4, -0.2) is 27.8 Å². The average Bonchev–Trinajstić information content (AvgIpc) is 2.16. The third-order valence-electron chi connectivity index (χ3n) is 3.08. The van der Waals surface area contributed by atoms with E-state index in [1.54, 1.807) is 0 Å². The van der Waals surface area contributed by atoms with E-state index in [1.165, 1.54) is 6.42 Å². The normalized spacial score (nSPS) is 30.6. The molecular weight excluding hydrogens is 194 g/mol. The van der Waals surface area contributed by atoms with E-state index >= 15 is 0 Å². The molecular formula is C11H23NOS. The second-order valence-electron chi connectivity index (χ2n) is 4.55. The van der Waals surface area contributed by atoms with Gasteiger partial charge in [0, 0.05) is 34.4 Å². The lowest BCUT2D eigenvalue weighted by Gasteiger charge is -2.29. The second kappa shape index (κ2) is 5.86. The highest BCUT2D eigenvalue weighted by Gasteiger charge is 2.21. The van der Waals surface area contributed by atoms with E-state index in [4.69, 9.17) is 0 Å².